The molecule has 12 rings (SSSR count). The Hall–Kier alpha value is -7.22. The molecular formula is C56H34F6N+. The van der Waals surface area contributed by atoms with Gasteiger partial charge in [-0.15, -0.1) is 0 Å². The van der Waals surface area contributed by atoms with Crippen LogP contribution in [0.1, 0.15) is 22.3 Å². The van der Waals surface area contributed by atoms with Crippen molar-refractivity contribution in [2.24, 2.45) is 0 Å². The van der Waals surface area contributed by atoms with Crippen LogP contribution in [0.15, 0.2) is 158 Å². The van der Waals surface area contributed by atoms with Crippen molar-refractivity contribution in [3.63, 3.8) is 0 Å². The normalized spacial score (nSPS) is 14.1. The lowest BCUT2D eigenvalue weighted by molar-refractivity contribution is -0.977. The van der Waals surface area contributed by atoms with Crippen molar-refractivity contribution < 1.29 is 30.8 Å². The molecule has 0 amide bonds. The zero-order valence-corrected chi connectivity index (χ0v) is 33.6. The van der Waals surface area contributed by atoms with Gasteiger partial charge >= 0.3 is 0 Å². The number of hydrogen-bond donors (Lipinski definition) is 0. The van der Waals surface area contributed by atoms with Gasteiger partial charge in [-0.25, -0.2) is 26.3 Å². The highest BCUT2D eigenvalue weighted by Gasteiger charge is 2.41. The van der Waals surface area contributed by atoms with Crippen molar-refractivity contribution in [1.82, 2.24) is 0 Å². The standard InChI is InChI=1S/C56H34F6N/c57-49-23-37(24-50(58)55(49)61)53-41-15-7-5-13-35(41)21-45-46-22-36-14-6-8-16-42(36)54(38-25-51(59)56(62)52(60)26-38)48(46)30-63(29-47(45)53)27-39-17-31-9-1-3-11-33(31)19-43(39)44-20-34-12-4-2-10-32(34)18-40(44)28-63/h1-26H,27-30H2/q+1. The lowest BCUT2D eigenvalue weighted by Gasteiger charge is -2.39. The molecule has 10 aromatic carbocycles. The molecule has 10 aromatic rings. The van der Waals surface area contributed by atoms with E-state index in [4.69, 9.17) is 0 Å². The number of fused-ring (bicyclic) bond motifs is 10. The third-order valence-corrected chi connectivity index (χ3v) is 13.4. The summed E-state index contributed by atoms with van der Waals surface area (Å²) in [5.41, 5.74) is 9.03. The summed E-state index contributed by atoms with van der Waals surface area (Å²) in [6, 6.07) is 49.2. The topological polar surface area (TPSA) is 0 Å². The Kier molecular flexibility index (Phi) is 8.28. The SMILES string of the molecule is Fc1cc(-c2c3c(cc4ccccc24)-c2cc4ccccc4c(-c4cc(F)c(F)c(F)c4)c2C[N+]2(Cc4cc5ccccc5cc4-c4cc5ccccc5cc4C2)C3)cc(F)c1F. The van der Waals surface area contributed by atoms with Crippen molar-refractivity contribution in [2.45, 2.75) is 26.2 Å². The maximum absolute atomic E-state index is 15.5. The Morgan fingerprint density at radius 3 is 1.02 bits per heavy atom. The van der Waals surface area contributed by atoms with Crippen LogP contribution in [0.2, 0.25) is 0 Å². The van der Waals surface area contributed by atoms with Gasteiger partial charge in [-0.2, -0.15) is 0 Å². The number of quaternary nitrogens is 1. The predicted octanol–water partition coefficient (Wildman–Crippen LogP) is 15.3. The van der Waals surface area contributed by atoms with Gasteiger partial charge in [0.25, 0.3) is 0 Å². The molecule has 2 aliphatic heterocycles. The van der Waals surface area contributed by atoms with Crippen LogP contribution in [0.5, 0.6) is 0 Å². The molecule has 7 heteroatoms. The number of hydrogen-bond acceptors (Lipinski definition) is 0. The van der Waals surface area contributed by atoms with Gasteiger partial charge < -0.3 is 4.48 Å². The largest absolute Gasteiger partial charge is 0.309 e. The van der Waals surface area contributed by atoms with Gasteiger partial charge in [0.05, 0.1) is 0 Å². The minimum Gasteiger partial charge on any atom is -0.309 e. The van der Waals surface area contributed by atoms with Crippen molar-refractivity contribution in [3.8, 4) is 44.5 Å². The van der Waals surface area contributed by atoms with Gasteiger partial charge in [-0.3, -0.25) is 0 Å². The second-order valence-electron chi connectivity index (χ2n) is 17.2. The van der Waals surface area contributed by atoms with Gasteiger partial charge in [-0.1, -0.05) is 97.1 Å². The molecular weight excluding hydrogens is 801 g/mol. The van der Waals surface area contributed by atoms with E-state index in [0.29, 0.717) is 41.8 Å². The molecule has 2 heterocycles. The van der Waals surface area contributed by atoms with E-state index in [9.17, 15) is 8.78 Å². The minimum atomic E-state index is -1.55. The van der Waals surface area contributed by atoms with Crippen molar-refractivity contribution >= 4 is 43.1 Å². The first-order valence-electron chi connectivity index (χ1n) is 20.9. The van der Waals surface area contributed by atoms with Crippen molar-refractivity contribution in [1.29, 1.82) is 0 Å². The summed E-state index contributed by atoms with van der Waals surface area (Å²) in [7, 11) is 0. The van der Waals surface area contributed by atoms with Gasteiger partial charge in [0, 0.05) is 22.3 Å². The van der Waals surface area contributed by atoms with Gasteiger partial charge in [-0.05, 0) is 148 Å². The third-order valence-electron chi connectivity index (χ3n) is 13.4. The van der Waals surface area contributed by atoms with Crippen LogP contribution in [-0.4, -0.2) is 4.48 Å². The molecule has 63 heavy (non-hydrogen) atoms. The highest BCUT2D eigenvalue weighted by molar-refractivity contribution is 6.07. The van der Waals surface area contributed by atoms with Gasteiger partial charge in [0.1, 0.15) is 26.2 Å². The van der Waals surface area contributed by atoms with E-state index in [1.165, 1.54) is 0 Å². The van der Waals surface area contributed by atoms with E-state index < -0.39 is 34.9 Å². The van der Waals surface area contributed by atoms with E-state index in [2.05, 4.69) is 60.7 Å². The smallest absolute Gasteiger partial charge is 0.194 e. The van der Waals surface area contributed by atoms with Crippen LogP contribution in [-0.2, 0) is 26.2 Å². The molecule has 0 aliphatic carbocycles. The van der Waals surface area contributed by atoms with E-state index in [-0.39, 0.29) is 11.1 Å². The van der Waals surface area contributed by atoms with Crippen LogP contribution in [0.4, 0.5) is 26.3 Å². The molecule has 0 fully saturated rings. The fourth-order valence-electron chi connectivity index (χ4n) is 10.7. The van der Waals surface area contributed by atoms with E-state index >= 15 is 17.6 Å². The quantitative estimate of drug-likeness (QED) is 0.0925. The zero-order valence-electron chi connectivity index (χ0n) is 33.6. The van der Waals surface area contributed by atoms with Crippen LogP contribution < -0.4 is 0 Å². The average Bonchev–Trinajstić information content (AvgIpc) is 3.49. The van der Waals surface area contributed by atoms with E-state index in [0.717, 1.165) is 112 Å². The Morgan fingerprint density at radius 1 is 0.317 bits per heavy atom. The molecule has 1 spiro atoms. The lowest BCUT2D eigenvalue weighted by atomic mass is 9.83. The highest BCUT2D eigenvalue weighted by Crippen LogP contribution is 2.52. The van der Waals surface area contributed by atoms with Gasteiger partial charge in [0.2, 0.25) is 0 Å². The molecule has 0 atom stereocenters. The van der Waals surface area contributed by atoms with Crippen LogP contribution in [0, 0.1) is 34.9 Å². The maximum atomic E-state index is 15.5. The first-order valence-corrected chi connectivity index (χ1v) is 20.9. The molecule has 1 nitrogen and oxygen atoms in total. The van der Waals surface area contributed by atoms with Crippen LogP contribution in [0.3, 0.4) is 0 Å². The summed E-state index contributed by atoms with van der Waals surface area (Å²) in [6.45, 7) is 1.71. The second kappa shape index (κ2) is 13.9. The number of halogens is 6. The maximum Gasteiger partial charge on any atom is 0.194 e. The molecule has 0 radical (unpaired) electrons. The molecule has 0 bridgehead atoms. The summed E-state index contributed by atoms with van der Waals surface area (Å²) in [4.78, 5) is 0. The van der Waals surface area contributed by atoms with Crippen molar-refractivity contribution in [3.05, 3.63) is 215 Å². The Morgan fingerprint density at radius 2 is 0.635 bits per heavy atom. The van der Waals surface area contributed by atoms with Crippen molar-refractivity contribution in [2.75, 3.05) is 0 Å². The zero-order chi connectivity index (χ0) is 42.7. The van der Waals surface area contributed by atoms with Gasteiger partial charge in [0.15, 0.2) is 34.9 Å². The Labute approximate surface area is 358 Å². The van der Waals surface area contributed by atoms with E-state index in [1.807, 2.05) is 72.8 Å². The van der Waals surface area contributed by atoms with Crippen LogP contribution in [0.25, 0.3) is 87.6 Å². The summed E-state index contributed by atoms with van der Waals surface area (Å²) in [5.74, 6) is -8.28. The first kappa shape index (κ1) is 37.5. The fraction of sp³-hybridized carbons (Fsp3) is 0.0714. The molecule has 0 saturated carbocycles. The molecule has 304 valence electrons. The predicted molar refractivity (Wildman–Crippen MR) is 239 cm³/mol. The summed E-state index contributed by atoms with van der Waals surface area (Å²) in [6.07, 6.45) is 0. The summed E-state index contributed by atoms with van der Waals surface area (Å²) >= 11 is 0. The molecule has 2 aliphatic rings. The summed E-state index contributed by atoms with van der Waals surface area (Å²) in [5, 5.41) is 7.38. The molecule has 0 saturated heterocycles. The Balaban J connectivity index is 1.25. The number of nitrogens with zero attached hydrogens (tertiary/aromatic N) is 1. The molecule has 0 N–H and O–H groups in total. The van der Waals surface area contributed by atoms with Crippen LogP contribution >= 0.6 is 0 Å². The molecule has 0 unspecified atom stereocenters. The van der Waals surface area contributed by atoms with E-state index in [1.54, 1.807) is 0 Å². The monoisotopic (exact) mass is 834 g/mol. The number of rotatable bonds is 2. The lowest BCUT2D eigenvalue weighted by Crippen LogP contribution is -2.44. The number of benzene rings is 10. The Bertz CT molecular complexity index is 3330. The minimum absolute atomic E-state index is 0.192. The summed E-state index contributed by atoms with van der Waals surface area (Å²) < 4.78 is 91.8. The third kappa shape index (κ3) is 5.90. The highest BCUT2D eigenvalue weighted by atomic mass is 19.2. The first-order chi connectivity index (χ1) is 30.6. The fourth-order valence-corrected chi connectivity index (χ4v) is 10.7. The average molecular weight is 835 g/mol. The second-order valence-corrected chi connectivity index (χ2v) is 17.2. The molecule has 0 aromatic heterocycles.